The van der Waals surface area contributed by atoms with E-state index in [0.717, 1.165) is 38.0 Å². The van der Waals surface area contributed by atoms with Crippen molar-refractivity contribution in [3.63, 3.8) is 0 Å². The summed E-state index contributed by atoms with van der Waals surface area (Å²) in [5.41, 5.74) is 0. The molecule has 0 aromatic carbocycles. The maximum Gasteiger partial charge on any atom is 0.305 e. The first-order chi connectivity index (χ1) is 13.3. The number of unbranched alkanes of at least 4 members (excludes halogenated alkanes) is 9. The number of hydrogen-bond donors (Lipinski definition) is 0. The average Bonchev–Trinajstić information content (AvgIpc) is 2.69. The Labute approximate surface area is 167 Å². The number of esters is 1. The average molecular weight is 379 g/mol. The molecule has 0 N–H and O–H groups in total. The van der Waals surface area contributed by atoms with Crippen LogP contribution in [0, 0.1) is 5.92 Å². The summed E-state index contributed by atoms with van der Waals surface area (Å²) < 4.78 is 11.0. The number of allylic oxidation sites excluding steroid dienone is 3. The van der Waals surface area contributed by atoms with Gasteiger partial charge < -0.3 is 9.47 Å². The van der Waals surface area contributed by atoms with Gasteiger partial charge in [0.2, 0.25) is 0 Å². The van der Waals surface area contributed by atoms with E-state index in [9.17, 15) is 4.79 Å². The second-order valence-electron chi connectivity index (χ2n) is 7.75. The van der Waals surface area contributed by atoms with Gasteiger partial charge in [-0.05, 0) is 43.8 Å². The van der Waals surface area contributed by atoms with E-state index < -0.39 is 0 Å². The van der Waals surface area contributed by atoms with Crippen LogP contribution >= 0.6 is 0 Å². The third kappa shape index (κ3) is 13.5. The molecule has 156 valence electrons. The van der Waals surface area contributed by atoms with E-state index in [4.69, 9.17) is 9.47 Å². The van der Waals surface area contributed by atoms with E-state index in [1.54, 1.807) is 0 Å². The highest BCUT2D eigenvalue weighted by atomic mass is 16.5. The fraction of sp³-hybridized carbons (Fsp3) is 0.792. The van der Waals surface area contributed by atoms with Crippen molar-refractivity contribution >= 4 is 5.97 Å². The smallest absolute Gasteiger partial charge is 0.305 e. The predicted octanol–water partition coefficient (Wildman–Crippen LogP) is 7.12. The van der Waals surface area contributed by atoms with Crippen LogP contribution in [0.25, 0.3) is 0 Å². The summed E-state index contributed by atoms with van der Waals surface area (Å²) in [5, 5.41) is 0. The van der Waals surface area contributed by atoms with Crippen molar-refractivity contribution in [1.82, 2.24) is 0 Å². The molecule has 0 saturated carbocycles. The monoisotopic (exact) mass is 378 g/mol. The van der Waals surface area contributed by atoms with Gasteiger partial charge in [-0.2, -0.15) is 0 Å². The van der Waals surface area contributed by atoms with Crippen LogP contribution < -0.4 is 0 Å². The molecule has 1 atom stereocenters. The Bertz CT molecular complexity index is 425. The van der Waals surface area contributed by atoms with Gasteiger partial charge in [0.1, 0.15) is 5.76 Å². The van der Waals surface area contributed by atoms with Crippen molar-refractivity contribution in [2.24, 2.45) is 5.92 Å². The molecule has 0 spiro atoms. The van der Waals surface area contributed by atoms with Gasteiger partial charge >= 0.3 is 5.97 Å². The van der Waals surface area contributed by atoms with Crippen molar-refractivity contribution in [2.45, 2.75) is 104 Å². The summed E-state index contributed by atoms with van der Waals surface area (Å²) in [6.07, 6.45) is 23.1. The first kappa shape index (κ1) is 23.8. The second-order valence-corrected chi connectivity index (χ2v) is 7.75. The van der Waals surface area contributed by atoms with E-state index in [1.807, 2.05) is 6.92 Å². The second kappa shape index (κ2) is 16.9. The molecule has 1 unspecified atom stereocenters. The van der Waals surface area contributed by atoms with Crippen LogP contribution in [0.4, 0.5) is 0 Å². The molecule has 1 aliphatic rings. The van der Waals surface area contributed by atoms with Gasteiger partial charge in [0.15, 0.2) is 0 Å². The summed E-state index contributed by atoms with van der Waals surface area (Å²) in [5.74, 6) is 1.36. The standard InChI is InChI=1S/C24H42O3/c1-3-5-6-7-8-9-10-11-12-13-21-26-23-17-14-22(15-18-23)16-19-24(25)27-20-4-2/h14,17-18,22H,3-13,15-16,19-21H2,1-2H3. The lowest BCUT2D eigenvalue weighted by Gasteiger charge is -2.16. The molecule has 3 heteroatoms. The van der Waals surface area contributed by atoms with Gasteiger partial charge in [-0.3, -0.25) is 4.79 Å². The minimum atomic E-state index is -0.0720. The Morgan fingerprint density at radius 2 is 1.59 bits per heavy atom. The SMILES string of the molecule is CCCCCCCCCCCCOC1=CCC(CCC(=O)OCCC)C=C1. The first-order valence-corrected chi connectivity index (χ1v) is 11.4. The normalized spacial score (nSPS) is 16.2. The van der Waals surface area contributed by atoms with Gasteiger partial charge in [-0.1, -0.05) is 77.7 Å². The third-order valence-electron chi connectivity index (χ3n) is 5.11. The van der Waals surface area contributed by atoms with Gasteiger partial charge in [-0.15, -0.1) is 0 Å². The Morgan fingerprint density at radius 3 is 2.19 bits per heavy atom. The number of ether oxygens (including phenoxy) is 2. The highest BCUT2D eigenvalue weighted by molar-refractivity contribution is 5.69. The summed E-state index contributed by atoms with van der Waals surface area (Å²) in [7, 11) is 0. The lowest BCUT2D eigenvalue weighted by molar-refractivity contribution is -0.143. The minimum absolute atomic E-state index is 0.0720. The molecule has 0 amide bonds. The zero-order chi connectivity index (χ0) is 19.6. The van der Waals surface area contributed by atoms with E-state index in [0.29, 0.717) is 18.9 Å². The van der Waals surface area contributed by atoms with Crippen LogP contribution in [0.5, 0.6) is 0 Å². The molecule has 0 heterocycles. The summed E-state index contributed by atoms with van der Waals surface area (Å²) in [6, 6.07) is 0. The van der Waals surface area contributed by atoms with Crippen LogP contribution in [0.15, 0.2) is 24.0 Å². The molecule has 0 aromatic rings. The Kier molecular flexibility index (Phi) is 14.9. The molecule has 0 bridgehead atoms. The van der Waals surface area contributed by atoms with Crippen molar-refractivity contribution < 1.29 is 14.3 Å². The van der Waals surface area contributed by atoms with E-state index in [-0.39, 0.29) is 5.97 Å². The Hall–Kier alpha value is -1.25. The molecule has 1 aliphatic carbocycles. The highest BCUT2D eigenvalue weighted by Gasteiger charge is 2.12. The Balaban J connectivity index is 1.93. The molecule has 0 fully saturated rings. The molecular weight excluding hydrogens is 336 g/mol. The molecule has 0 saturated heterocycles. The third-order valence-corrected chi connectivity index (χ3v) is 5.11. The van der Waals surface area contributed by atoms with Crippen molar-refractivity contribution in [3.05, 3.63) is 24.0 Å². The number of carbonyl (C=O) groups excluding carboxylic acids is 1. The van der Waals surface area contributed by atoms with Crippen molar-refractivity contribution in [2.75, 3.05) is 13.2 Å². The fourth-order valence-electron chi connectivity index (χ4n) is 3.34. The van der Waals surface area contributed by atoms with Gasteiger partial charge in [0.05, 0.1) is 13.2 Å². The predicted molar refractivity (Wildman–Crippen MR) is 114 cm³/mol. The molecule has 0 aromatic heterocycles. The summed E-state index contributed by atoms with van der Waals surface area (Å²) in [4.78, 5) is 11.6. The lowest BCUT2D eigenvalue weighted by atomic mass is 9.95. The van der Waals surface area contributed by atoms with Crippen LogP contribution in [0.2, 0.25) is 0 Å². The highest BCUT2D eigenvalue weighted by Crippen LogP contribution is 2.22. The minimum Gasteiger partial charge on any atom is -0.494 e. The van der Waals surface area contributed by atoms with Crippen LogP contribution in [-0.4, -0.2) is 19.2 Å². The number of rotatable bonds is 17. The molecule has 27 heavy (non-hydrogen) atoms. The first-order valence-electron chi connectivity index (χ1n) is 11.4. The molecular formula is C24H42O3. The maximum atomic E-state index is 11.6. The van der Waals surface area contributed by atoms with Gasteiger partial charge in [-0.25, -0.2) is 0 Å². The molecule has 0 radical (unpaired) electrons. The van der Waals surface area contributed by atoms with Crippen molar-refractivity contribution in [1.29, 1.82) is 0 Å². The van der Waals surface area contributed by atoms with Gasteiger partial charge in [0, 0.05) is 6.42 Å². The quantitative estimate of drug-likeness (QED) is 0.200. The summed E-state index contributed by atoms with van der Waals surface area (Å²) in [6.45, 7) is 5.64. The largest absolute Gasteiger partial charge is 0.494 e. The zero-order valence-corrected chi connectivity index (χ0v) is 17.8. The van der Waals surface area contributed by atoms with Crippen LogP contribution in [0.1, 0.15) is 104 Å². The molecule has 1 rings (SSSR count). The lowest BCUT2D eigenvalue weighted by Crippen LogP contribution is -2.09. The van der Waals surface area contributed by atoms with Crippen LogP contribution in [0.3, 0.4) is 0 Å². The van der Waals surface area contributed by atoms with E-state index in [2.05, 4.69) is 25.2 Å². The molecule has 3 nitrogen and oxygen atoms in total. The number of carbonyl (C=O) groups is 1. The molecule has 0 aliphatic heterocycles. The number of hydrogen-bond acceptors (Lipinski definition) is 3. The topological polar surface area (TPSA) is 35.5 Å². The van der Waals surface area contributed by atoms with E-state index >= 15 is 0 Å². The zero-order valence-electron chi connectivity index (χ0n) is 17.8. The van der Waals surface area contributed by atoms with Crippen LogP contribution in [-0.2, 0) is 14.3 Å². The van der Waals surface area contributed by atoms with E-state index in [1.165, 1.54) is 57.8 Å². The van der Waals surface area contributed by atoms with Crippen molar-refractivity contribution in [3.8, 4) is 0 Å². The summed E-state index contributed by atoms with van der Waals surface area (Å²) >= 11 is 0. The maximum absolute atomic E-state index is 11.6. The van der Waals surface area contributed by atoms with Gasteiger partial charge in [0.25, 0.3) is 0 Å². The Morgan fingerprint density at radius 1 is 0.926 bits per heavy atom. The fourth-order valence-corrected chi connectivity index (χ4v) is 3.34.